The Morgan fingerprint density at radius 1 is 0.279 bits per heavy atom. The smallest absolute Gasteiger partial charge is 0.164 e. The molecular weight excluding hydrogens is 743 g/mol. The molecule has 0 saturated heterocycles. The topological polar surface area (TPSA) is 51.8 Å². The second-order valence-corrected chi connectivity index (χ2v) is 15.5. The molecule has 2 aromatic heterocycles. The van der Waals surface area contributed by atoms with Gasteiger partial charge in [0, 0.05) is 33.0 Å². The summed E-state index contributed by atoms with van der Waals surface area (Å²) >= 11 is 0. The van der Waals surface area contributed by atoms with Crippen LogP contribution in [0.25, 0.3) is 122 Å². The first kappa shape index (κ1) is 34.8. The van der Waals surface area contributed by atoms with Crippen LogP contribution in [-0.2, 0) is 0 Å². The lowest BCUT2D eigenvalue weighted by Gasteiger charge is -2.15. The summed E-state index contributed by atoms with van der Waals surface area (Å²) in [6.07, 6.45) is 0. The quantitative estimate of drug-likeness (QED) is 0.125. The normalized spacial score (nSPS) is 11.6. The van der Waals surface area contributed by atoms with E-state index in [0.717, 1.165) is 60.9 Å². The lowest BCUT2D eigenvalue weighted by atomic mass is 9.89. The minimum absolute atomic E-state index is 0.611. The van der Waals surface area contributed by atoms with Crippen molar-refractivity contribution in [1.82, 2.24) is 15.0 Å². The molecule has 0 unspecified atom stereocenters. The highest BCUT2D eigenvalue weighted by molar-refractivity contribution is 6.20. The van der Waals surface area contributed by atoms with Crippen LogP contribution < -0.4 is 0 Å². The molecule has 0 fully saturated rings. The van der Waals surface area contributed by atoms with Gasteiger partial charge in [0.1, 0.15) is 11.2 Å². The first-order valence-corrected chi connectivity index (χ1v) is 20.6. The van der Waals surface area contributed by atoms with Crippen molar-refractivity contribution in [2.45, 2.75) is 0 Å². The van der Waals surface area contributed by atoms with Gasteiger partial charge in [-0.3, -0.25) is 0 Å². The maximum atomic E-state index is 6.37. The molecule has 0 radical (unpaired) electrons. The van der Waals surface area contributed by atoms with Crippen LogP contribution in [-0.4, -0.2) is 15.0 Å². The predicted molar refractivity (Wildman–Crippen MR) is 252 cm³/mol. The third-order valence-corrected chi connectivity index (χ3v) is 11.9. The summed E-state index contributed by atoms with van der Waals surface area (Å²) in [5.74, 6) is 1.85. The number of benzene rings is 10. The Labute approximate surface area is 352 Å². The van der Waals surface area contributed by atoms with Gasteiger partial charge in [0.2, 0.25) is 0 Å². The van der Waals surface area contributed by atoms with E-state index >= 15 is 0 Å². The van der Waals surface area contributed by atoms with Gasteiger partial charge >= 0.3 is 0 Å². The van der Waals surface area contributed by atoms with E-state index in [4.69, 9.17) is 19.4 Å². The second kappa shape index (κ2) is 14.3. The standard InChI is InChI=1S/C57H35N3O/c1-2-14-38(15-3-1)55-58-56(39-29-27-37(28-30-39)47-24-12-25-50-48-23-8-9-26-52(48)61-54(47)50)60-57(59-55)44-20-11-18-41(34-44)40-17-10-19-43(33-40)53-46-22-7-5-16-42(46)35-51-45-21-6-4-13-36(45)31-32-49(51)53/h1-35H. The SMILES string of the molecule is c1ccc(-c2nc(-c3ccc(-c4cccc5c4oc4ccccc45)cc3)nc(-c3cccc(-c4cccc(-c5c6ccccc6cc6c5ccc5ccccc56)c4)c3)n2)cc1. The molecule has 0 aliphatic heterocycles. The lowest BCUT2D eigenvalue weighted by Crippen LogP contribution is -2.00. The molecule has 0 atom stereocenters. The number of hydrogen-bond donors (Lipinski definition) is 0. The lowest BCUT2D eigenvalue weighted by molar-refractivity contribution is 0.670. The van der Waals surface area contributed by atoms with Crippen LogP contribution in [0.1, 0.15) is 0 Å². The van der Waals surface area contributed by atoms with Crippen LogP contribution >= 0.6 is 0 Å². The maximum Gasteiger partial charge on any atom is 0.164 e. The average molecular weight is 778 g/mol. The van der Waals surface area contributed by atoms with Crippen LogP contribution in [0.2, 0.25) is 0 Å². The van der Waals surface area contributed by atoms with Crippen molar-refractivity contribution in [2.75, 3.05) is 0 Å². The molecule has 4 heteroatoms. The summed E-state index contributed by atoms with van der Waals surface area (Å²) < 4.78 is 6.37. The van der Waals surface area contributed by atoms with Gasteiger partial charge in [-0.15, -0.1) is 0 Å². The first-order chi connectivity index (χ1) is 30.2. The van der Waals surface area contributed by atoms with Gasteiger partial charge in [-0.2, -0.15) is 0 Å². The van der Waals surface area contributed by atoms with Crippen LogP contribution in [0, 0.1) is 0 Å². The molecule has 12 rings (SSSR count). The summed E-state index contributed by atoms with van der Waals surface area (Å²) in [7, 11) is 0. The molecule has 12 aromatic rings. The van der Waals surface area contributed by atoms with Crippen molar-refractivity contribution in [1.29, 1.82) is 0 Å². The third kappa shape index (κ3) is 6.04. The average Bonchev–Trinajstić information content (AvgIpc) is 3.73. The van der Waals surface area contributed by atoms with E-state index in [0.29, 0.717) is 17.5 Å². The van der Waals surface area contributed by atoms with E-state index in [9.17, 15) is 0 Å². The fourth-order valence-corrected chi connectivity index (χ4v) is 8.95. The summed E-state index contributed by atoms with van der Waals surface area (Å²) in [5, 5.41) is 9.70. The van der Waals surface area contributed by atoms with Crippen LogP contribution in [0.4, 0.5) is 0 Å². The van der Waals surface area contributed by atoms with Gasteiger partial charge in [-0.05, 0) is 84.4 Å². The number of fused-ring (bicyclic) bond motifs is 7. The van der Waals surface area contributed by atoms with E-state index < -0.39 is 0 Å². The van der Waals surface area contributed by atoms with Gasteiger partial charge in [-0.25, -0.2) is 15.0 Å². The van der Waals surface area contributed by atoms with E-state index in [2.05, 4.69) is 170 Å². The van der Waals surface area contributed by atoms with Crippen molar-refractivity contribution in [3.05, 3.63) is 212 Å². The maximum absolute atomic E-state index is 6.37. The van der Waals surface area contributed by atoms with Gasteiger partial charge in [0.05, 0.1) is 0 Å². The molecule has 0 aliphatic rings. The molecule has 10 aromatic carbocycles. The Morgan fingerprint density at radius 2 is 0.820 bits per heavy atom. The van der Waals surface area contributed by atoms with Gasteiger partial charge in [0.15, 0.2) is 17.5 Å². The predicted octanol–water partition coefficient (Wildman–Crippen LogP) is 15.2. The van der Waals surface area contributed by atoms with Gasteiger partial charge < -0.3 is 4.42 Å². The number of nitrogens with zero attached hydrogens (tertiary/aromatic N) is 3. The molecule has 0 bridgehead atoms. The van der Waals surface area contributed by atoms with Gasteiger partial charge in [-0.1, -0.05) is 188 Å². The monoisotopic (exact) mass is 777 g/mol. The molecule has 284 valence electrons. The number of furan rings is 1. The molecule has 0 aliphatic carbocycles. The zero-order valence-electron chi connectivity index (χ0n) is 33.0. The Kier molecular flexibility index (Phi) is 8.13. The third-order valence-electron chi connectivity index (χ3n) is 11.9. The van der Waals surface area contributed by atoms with Crippen LogP contribution in [0.15, 0.2) is 217 Å². The van der Waals surface area contributed by atoms with Crippen molar-refractivity contribution in [2.24, 2.45) is 0 Å². The summed E-state index contributed by atoms with van der Waals surface area (Å²) in [6, 6.07) is 74.8. The summed E-state index contributed by atoms with van der Waals surface area (Å²) in [4.78, 5) is 15.2. The van der Waals surface area contributed by atoms with E-state index in [1.807, 2.05) is 42.5 Å². The largest absolute Gasteiger partial charge is 0.455 e. The van der Waals surface area contributed by atoms with Crippen molar-refractivity contribution in [3.63, 3.8) is 0 Å². The Morgan fingerprint density at radius 3 is 1.61 bits per heavy atom. The number of rotatable bonds is 6. The van der Waals surface area contributed by atoms with Gasteiger partial charge in [0.25, 0.3) is 0 Å². The highest BCUT2D eigenvalue weighted by atomic mass is 16.3. The Balaban J connectivity index is 0.950. The molecule has 0 saturated carbocycles. The van der Waals surface area contributed by atoms with E-state index in [1.165, 1.54) is 43.4 Å². The minimum Gasteiger partial charge on any atom is -0.455 e. The van der Waals surface area contributed by atoms with Crippen molar-refractivity contribution >= 4 is 54.3 Å². The van der Waals surface area contributed by atoms with Crippen LogP contribution in [0.3, 0.4) is 0 Å². The van der Waals surface area contributed by atoms with Crippen LogP contribution in [0.5, 0.6) is 0 Å². The highest BCUT2D eigenvalue weighted by Crippen LogP contribution is 2.41. The zero-order valence-corrected chi connectivity index (χ0v) is 33.0. The highest BCUT2D eigenvalue weighted by Gasteiger charge is 2.17. The molecule has 0 spiro atoms. The Hall–Kier alpha value is -8.21. The molecule has 61 heavy (non-hydrogen) atoms. The first-order valence-electron chi connectivity index (χ1n) is 20.6. The molecular formula is C57H35N3O. The van der Waals surface area contributed by atoms with E-state index in [-0.39, 0.29) is 0 Å². The fraction of sp³-hybridized carbons (Fsp3) is 0. The number of aromatic nitrogens is 3. The number of hydrogen-bond acceptors (Lipinski definition) is 4. The molecule has 2 heterocycles. The molecule has 0 amide bonds. The molecule has 0 N–H and O–H groups in total. The summed E-state index contributed by atoms with van der Waals surface area (Å²) in [6.45, 7) is 0. The number of para-hydroxylation sites is 2. The fourth-order valence-electron chi connectivity index (χ4n) is 8.95. The minimum atomic E-state index is 0.611. The zero-order chi connectivity index (χ0) is 40.3. The second-order valence-electron chi connectivity index (χ2n) is 15.5. The molecule has 4 nitrogen and oxygen atoms in total. The van der Waals surface area contributed by atoms with Crippen molar-refractivity contribution in [3.8, 4) is 67.5 Å². The van der Waals surface area contributed by atoms with E-state index in [1.54, 1.807) is 0 Å². The Bertz CT molecular complexity index is 3650. The summed E-state index contributed by atoms with van der Waals surface area (Å²) in [5.41, 5.74) is 11.2. The van der Waals surface area contributed by atoms with Crippen molar-refractivity contribution < 1.29 is 4.42 Å².